The second-order valence-corrected chi connectivity index (χ2v) is 4.67. The van der Waals surface area contributed by atoms with Crippen molar-refractivity contribution in [1.82, 2.24) is 5.43 Å². The highest BCUT2D eigenvalue weighted by molar-refractivity contribution is 8.22. The number of thioether (sulfide) groups is 1. The molecular weight excluding hydrogens is 274 g/mol. The van der Waals surface area contributed by atoms with Crippen molar-refractivity contribution in [3.8, 4) is 0 Å². The van der Waals surface area contributed by atoms with Gasteiger partial charge >= 0.3 is 5.88 Å². The fourth-order valence-electron chi connectivity index (χ4n) is 1.01. The molecule has 6 nitrogen and oxygen atoms in total. The van der Waals surface area contributed by atoms with Gasteiger partial charge in [0.05, 0.1) is 12.3 Å². The predicted molar refractivity (Wildman–Crippen MR) is 76.8 cm³/mol. The minimum absolute atomic E-state index is 0.285. The van der Waals surface area contributed by atoms with E-state index in [0.717, 1.165) is 5.57 Å². The van der Waals surface area contributed by atoms with E-state index in [0.29, 0.717) is 10.1 Å². The Morgan fingerprint density at radius 3 is 2.94 bits per heavy atom. The fourth-order valence-corrected chi connectivity index (χ4v) is 1.21. The van der Waals surface area contributed by atoms with Gasteiger partial charge < -0.3 is 4.42 Å². The second kappa shape index (κ2) is 6.92. The zero-order chi connectivity index (χ0) is 13.5. The third kappa shape index (κ3) is 4.68. The number of nitrogens with zero attached hydrogens (tertiary/aromatic N) is 2. The second-order valence-electron chi connectivity index (χ2n) is 3.18. The predicted octanol–water partition coefficient (Wildman–Crippen LogP) is 2.81. The molecule has 0 unspecified atom stereocenters. The molecule has 0 atom stereocenters. The molecule has 0 spiro atoms. The molecule has 1 aromatic heterocycles. The molecule has 0 radical (unpaired) electrons. The van der Waals surface area contributed by atoms with Crippen LogP contribution in [-0.2, 0) is 0 Å². The van der Waals surface area contributed by atoms with Crippen molar-refractivity contribution in [2.75, 3.05) is 6.26 Å². The van der Waals surface area contributed by atoms with Crippen molar-refractivity contribution < 1.29 is 9.34 Å². The first-order chi connectivity index (χ1) is 8.52. The van der Waals surface area contributed by atoms with E-state index in [9.17, 15) is 10.1 Å². The quantitative estimate of drug-likeness (QED) is 0.396. The summed E-state index contributed by atoms with van der Waals surface area (Å²) in [5.41, 5.74) is 3.43. The van der Waals surface area contributed by atoms with Crippen molar-refractivity contribution >= 4 is 46.5 Å². The Morgan fingerprint density at radius 2 is 2.39 bits per heavy atom. The van der Waals surface area contributed by atoms with Crippen LogP contribution in [-0.4, -0.2) is 21.7 Å². The molecule has 0 aliphatic heterocycles. The number of rotatable bonds is 4. The third-order valence-corrected chi connectivity index (χ3v) is 2.83. The molecule has 0 amide bonds. The van der Waals surface area contributed by atoms with Gasteiger partial charge in [0.15, 0.2) is 4.32 Å². The molecule has 18 heavy (non-hydrogen) atoms. The fraction of sp³-hybridized carbons (Fsp3) is 0.200. The molecule has 1 N–H and O–H groups in total. The topological polar surface area (TPSA) is 80.7 Å². The maximum atomic E-state index is 10.4. The molecule has 1 aromatic rings. The number of allylic oxidation sites excluding steroid dienone is 1. The first-order valence-electron chi connectivity index (χ1n) is 4.82. The standard InChI is InChI=1S/C10H11N3O3S2/c1-7(6-11-12-10(17)18-2)5-8-3-4-9(16-8)13(14)15/h3-6H,1-2H3,(H,12,17)/b7-5+,11-6+. The van der Waals surface area contributed by atoms with Gasteiger partial charge in [0.2, 0.25) is 0 Å². The van der Waals surface area contributed by atoms with Gasteiger partial charge in [0.25, 0.3) is 0 Å². The lowest BCUT2D eigenvalue weighted by Gasteiger charge is -1.96. The lowest BCUT2D eigenvalue weighted by Crippen LogP contribution is -2.09. The molecule has 0 aliphatic rings. The zero-order valence-electron chi connectivity index (χ0n) is 9.75. The molecule has 8 heteroatoms. The molecule has 1 rings (SSSR count). The Bertz CT molecular complexity index is 508. The summed E-state index contributed by atoms with van der Waals surface area (Å²) in [7, 11) is 0. The van der Waals surface area contributed by atoms with Gasteiger partial charge in [-0.2, -0.15) is 5.10 Å². The van der Waals surface area contributed by atoms with Crippen LogP contribution >= 0.6 is 24.0 Å². The maximum Gasteiger partial charge on any atom is 0.433 e. The summed E-state index contributed by atoms with van der Waals surface area (Å²) in [5, 5.41) is 14.3. The van der Waals surface area contributed by atoms with Crippen LogP contribution in [0.2, 0.25) is 0 Å². The summed E-state index contributed by atoms with van der Waals surface area (Å²) in [6.07, 6.45) is 5.03. The summed E-state index contributed by atoms with van der Waals surface area (Å²) < 4.78 is 5.54. The van der Waals surface area contributed by atoms with Gasteiger partial charge in [0.1, 0.15) is 10.7 Å². The highest BCUT2D eigenvalue weighted by atomic mass is 32.2. The van der Waals surface area contributed by atoms with Crippen LogP contribution in [0.15, 0.2) is 27.2 Å². The minimum atomic E-state index is -0.584. The molecule has 0 saturated carbocycles. The summed E-state index contributed by atoms with van der Waals surface area (Å²) >= 11 is 6.27. The van der Waals surface area contributed by atoms with Gasteiger partial charge in [-0.1, -0.05) is 24.0 Å². The Hall–Kier alpha value is -1.67. The largest absolute Gasteiger partial charge is 0.433 e. The number of nitrogens with one attached hydrogen (secondary N) is 1. The number of furan rings is 1. The average Bonchev–Trinajstić information content (AvgIpc) is 2.77. The van der Waals surface area contributed by atoms with Gasteiger partial charge in [-0.25, -0.2) is 0 Å². The smallest absolute Gasteiger partial charge is 0.401 e. The molecule has 0 fully saturated rings. The highest BCUT2D eigenvalue weighted by Gasteiger charge is 2.09. The molecule has 0 saturated heterocycles. The third-order valence-electron chi connectivity index (χ3n) is 1.77. The van der Waals surface area contributed by atoms with E-state index in [2.05, 4.69) is 10.5 Å². The monoisotopic (exact) mass is 285 g/mol. The number of hydrogen-bond donors (Lipinski definition) is 1. The van der Waals surface area contributed by atoms with Crippen LogP contribution in [0.1, 0.15) is 12.7 Å². The molecule has 0 aromatic carbocycles. The van der Waals surface area contributed by atoms with E-state index in [1.54, 1.807) is 19.2 Å². The van der Waals surface area contributed by atoms with Crippen LogP contribution in [0.25, 0.3) is 6.08 Å². The van der Waals surface area contributed by atoms with Crippen molar-refractivity contribution in [2.24, 2.45) is 5.10 Å². The van der Waals surface area contributed by atoms with Crippen LogP contribution < -0.4 is 5.43 Å². The first-order valence-corrected chi connectivity index (χ1v) is 6.46. The van der Waals surface area contributed by atoms with Crippen LogP contribution in [0.3, 0.4) is 0 Å². The molecule has 96 valence electrons. The lowest BCUT2D eigenvalue weighted by atomic mass is 10.3. The average molecular weight is 285 g/mol. The van der Waals surface area contributed by atoms with Crippen molar-refractivity contribution in [2.45, 2.75) is 6.92 Å². The highest BCUT2D eigenvalue weighted by Crippen LogP contribution is 2.17. The zero-order valence-corrected chi connectivity index (χ0v) is 11.4. The summed E-state index contributed by atoms with van der Waals surface area (Å²) in [4.78, 5) is 9.83. The van der Waals surface area contributed by atoms with Gasteiger partial charge in [0, 0.05) is 0 Å². The summed E-state index contributed by atoms with van der Waals surface area (Å²) in [6.45, 7) is 1.79. The summed E-state index contributed by atoms with van der Waals surface area (Å²) in [5.74, 6) is 0.116. The van der Waals surface area contributed by atoms with Crippen LogP contribution in [0.4, 0.5) is 5.88 Å². The normalized spacial score (nSPS) is 11.8. The van der Waals surface area contributed by atoms with E-state index in [-0.39, 0.29) is 5.88 Å². The van der Waals surface area contributed by atoms with Crippen molar-refractivity contribution in [3.05, 3.63) is 33.6 Å². The summed E-state index contributed by atoms with van der Waals surface area (Å²) in [6, 6.07) is 2.83. The minimum Gasteiger partial charge on any atom is -0.401 e. The van der Waals surface area contributed by atoms with E-state index >= 15 is 0 Å². The van der Waals surface area contributed by atoms with E-state index in [1.807, 2.05) is 6.26 Å². The van der Waals surface area contributed by atoms with Gasteiger partial charge in [-0.15, -0.1) is 0 Å². The Morgan fingerprint density at radius 1 is 1.67 bits per heavy atom. The number of thiocarbonyl (C=S) groups is 1. The molecular formula is C10H11N3O3S2. The number of hydrazone groups is 1. The van der Waals surface area contributed by atoms with Crippen LogP contribution in [0, 0.1) is 10.1 Å². The Labute approximate surface area is 113 Å². The molecule has 0 aliphatic carbocycles. The molecule has 1 heterocycles. The van der Waals surface area contributed by atoms with Crippen LogP contribution in [0.5, 0.6) is 0 Å². The lowest BCUT2D eigenvalue weighted by molar-refractivity contribution is -0.402. The van der Waals surface area contributed by atoms with Gasteiger partial charge in [-0.3, -0.25) is 15.5 Å². The van der Waals surface area contributed by atoms with Gasteiger partial charge in [-0.05, 0) is 30.9 Å². The SMILES string of the molecule is CSC(=S)N/N=C/C(C)=C/c1ccc([N+](=O)[O-])o1. The first kappa shape index (κ1) is 14.4. The van der Waals surface area contributed by atoms with E-state index < -0.39 is 4.92 Å². The number of nitro groups is 1. The number of hydrogen-bond acceptors (Lipinski definition) is 6. The maximum absolute atomic E-state index is 10.4. The van der Waals surface area contributed by atoms with Crippen molar-refractivity contribution in [3.63, 3.8) is 0 Å². The van der Waals surface area contributed by atoms with E-state index in [1.165, 1.54) is 23.9 Å². The Balaban J connectivity index is 2.64. The van der Waals surface area contributed by atoms with Crippen molar-refractivity contribution in [1.29, 1.82) is 0 Å². The van der Waals surface area contributed by atoms with E-state index in [4.69, 9.17) is 16.6 Å². The Kier molecular flexibility index (Phi) is 5.53. The molecule has 0 bridgehead atoms.